The molecule has 0 bridgehead atoms. The van der Waals surface area contributed by atoms with Crippen LogP contribution in [0.2, 0.25) is 0 Å². The second-order valence-electron chi connectivity index (χ2n) is 6.69. The highest BCUT2D eigenvalue weighted by Gasteiger charge is 2.11. The normalized spacial score (nSPS) is 11.1. The number of hydrogen-bond acceptors (Lipinski definition) is 2. The Morgan fingerprint density at radius 2 is 1.80 bits per heavy atom. The molecule has 3 nitrogen and oxygen atoms in total. The molecule has 0 N–H and O–H groups in total. The molecule has 3 rings (SSSR count). The van der Waals surface area contributed by atoms with Gasteiger partial charge in [-0.3, -0.25) is 0 Å². The highest BCUT2D eigenvalue weighted by molar-refractivity contribution is 5.75. The number of fused-ring (bicyclic) bond motifs is 1. The fraction of sp³-hybridized carbons (Fsp3) is 0.409. The summed E-state index contributed by atoms with van der Waals surface area (Å²) < 4.78 is 8.34. The van der Waals surface area contributed by atoms with Crippen LogP contribution in [0.5, 0.6) is 5.75 Å². The minimum Gasteiger partial charge on any atom is -0.486 e. The van der Waals surface area contributed by atoms with Gasteiger partial charge in [-0.2, -0.15) is 0 Å². The Labute approximate surface area is 150 Å². The summed E-state index contributed by atoms with van der Waals surface area (Å²) in [5.74, 6) is 1.92. The summed E-state index contributed by atoms with van der Waals surface area (Å²) in [5.41, 5.74) is 3.47. The van der Waals surface area contributed by atoms with Crippen molar-refractivity contribution < 1.29 is 4.74 Å². The molecule has 0 fully saturated rings. The lowest BCUT2D eigenvalue weighted by atomic mass is 10.1. The molecule has 0 aliphatic rings. The molecule has 0 unspecified atom stereocenters. The lowest BCUT2D eigenvalue weighted by molar-refractivity contribution is 0.289. The molecule has 2 aromatic carbocycles. The zero-order valence-corrected chi connectivity index (χ0v) is 15.4. The molecule has 0 spiro atoms. The van der Waals surface area contributed by atoms with Gasteiger partial charge in [0.1, 0.15) is 18.2 Å². The number of hydrogen-bond donors (Lipinski definition) is 0. The molecule has 0 radical (unpaired) electrons. The zero-order valence-electron chi connectivity index (χ0n) is 15.4. The first-order chi connectivity index (χ1) is 12.3. The van der Waals surface area contributed by atoms with Gasteiger partial charge in [-0.05, 0) is 43.2 Å². The third-order valence-corrected chi connectivity index (χ3v) is 4.58. The number of aryl methyl sites for hydroxylation is 2. The van der Waals surface area contributed by atoms with Crippen molar-refractivity contribution in [2.45, 2.75) is 59.1 Å². The van der Waals surface area contributed by atoms with Crippen molar-refractivity contribution in [3.63, 3.8) is 0 Å². The van der Waals surface area contributed by atoms with E-state index in [1.165, 1.54) is 43.2 Å². The highest BCUT2D eigenvalue weighted by atomic mass is 16.5. The lowest BCUT2D eigenvalue weighted by Gasteiger charge is -2.11. The third kappa shape index (κ3) is 4.62. The lowest BCUT2D eigenvalue weighted by Crippen LogP contribution is -2.07. The average molecular weight is 336 g/mol. The maximum absolute atomic E-state index is 6.00. The van der Waals surface area contributed by atoms with Crippen LogP contribution < -0.4 is 4.74 Å². The van der Waals surface area contributed by atoms with Gasteiger partial charge in [0.25, 0.3) is 0 Å². The predicted molar refractivity (Wildman–Crippen MR) is 104 cm³/mol. The monoisotopic (exact) mass is 336 g/mol. The van der Waals surface area contributed by atoms with Gasteiger partial charge >= 0.3 is 0 Å². The smallest absolute Gasteiger partial charge is 0.147 e. The van der Waals surface area contributed by atoms with E-state index in [-0.39, 0.29) is 0 Å². The minimum absolute atomic E-state index is 0.507. The second kappa shape index (κ2) is 8.70. The number of unbranched alkanes of at least 4 members (excludes halogenated alkanes) is 4. The molecule has 3 aromatic rings. The number of ether oxygens (including phenoxy) is 1. The van der Waals surface area contributed by atoms with Crippen molar-refractivity contribution >= 4 is 11.0 Å². The Kier molecular flexibility index (Phi) is 6.10. The van der Waals surface area contributed by atoms with Crippen LogP contribution in [-0.2, 0) is 13.2 Å². The van der Waals surface area contributed by atoms with Crippen LogP contribution >= 0.6 is 0 Å². The number of benzene rings is 2. The van der Waals surface area contributed by atoms with Crippen LogP contribution in [0.1, 0.15) is 50.4 Å². The molecule has 0 aliphatic carbocycles. The molecule has 0 amide bonds. The van der Waals surface area contributed by atoms with Crippen molar-refractivity contribution in [2.24, 2.45) is 0 Å². The van der Waals surface area contributed by atoms with E-state index >= 15 is 0 Å². The van der Waals surface area contributed by atoms with Crippen LogP contribution in [0.4, 0.5) is 0 Å². The molecule has 0 saturated carbocycles. The van der Waals surface area contributed by atoms with Gasteiger partial charge in [-0.15, -0.1) is 0 Å². The van der Waals surface area contributed by atoms with E-state index in [1.54, 1.807) is 0 Å². The molecule has 25 heavy (non-hydrogen) atoms. The van der Waals surface area contributed by atoms with Gasteiger partial charge in [0.15, 0.2) is 0 Å². The van der Waals surface area contributed by atoms with E-state index in [9.17, 15) is 0 Å². The van der Waals surface area contributed by atoms with E-state index < -0.39 is 0 Å². The Bertz CT molecular complexity index is 807. The van der Waals surface area contributed by atoms with Crippen LogP contribution in [0.15, 0.2) is 48.5 Å². The van der Waals surface area contributed by atoms with Crippen LogP contribution in [0.3, 0.4) is 0 Å². The summed E-state index contributed by atoms with van der Waals surface area (Å²) in [5, 5.41) is 0. The van der Waals surface area contributed by atoms with E-state index in [4.69, 9.17) is 9.72 Å². The summed E-state index contributed by atoms with van der Waals surface area (Å²) in [6.07, 6.45) is 6.40. The second-order valence-corrected chi connectivity index (χ2v) is 6.69. The van der Waals surface area contributed by atoms with Crippen molar-refractivity contribution in [2.75, 3.05) is 0 Å². The van der Waals surface area contributed by atoms with E-state index in [0.717, 1.165) is 23.6 Å². The first kappa shape index (κ1) is 17.5. The van der Waals surface area contributed by atoms with Crippen LogP contribution in [0, 0.1) is 6.92 Å². The summed E-state index contributed by atoms with van der Waals surface area (Å²) in [6, 6.07) is 16.6. The van der Waals surface area contributed by atoms with Crippen LogP contribution in [0.25, 0.3) is 11.0 Å². The van der Waals surface area contributed by atoms with Gasteiger partial charge < -0.3 is 9.30 Å². The molecule has 0 saturated heterocycles. The number of rotatable bonds is 9. The molecule has 1 heterocycles. The summed E-state index contributed by atoms with van der Waals surface area (Å²) in [4.78, 5) is 4.80. The topological polar surface area (TPSA) is 27.1 Å². The first-order valence-electron chi connectivity index (χ1n) is 9.41. The molecule has 0 aliphatic heterocycles. The van der Waals surface area contributed by atoms with Crippen LogP contribution in [-0.4, -0.2) is 9.55 Å². The zero-order chi connectivity index (χ0) is 17.5. The first-order valence-corrected chi connectivity index (χ1v) is 9.41. The van der Waals surface area contributed by atoms with Crippen molar-refractivity contribution in [1.29, 1.82) is 0 Å². The van der Waals surface area contributed by atoms with E-state index in [1.807, 2.05) is 18.2 Å². The number of imidazole rings is 1. The van der Waals surface area contributed by atoms with Gasteiger partial charge in [-0.1, -0.05) is 56.9 Å². The Balaban J connectivity index is 1.73. The maximum atomic E-state index is 6.00. The van der Waals surface area contributed by atoms with E-state index in [2.05, 4.69) is 48.7 Å². The van der Waals surface area contributed by atoms with Gasteiger partial charge in [0.05, 0.1) is 11.0 Å². The van der Waals surface area contributed by atoms with Gasteiger partial charge in [0.2, 0.25) is 0 Å². The fourth-order valence-corrected chi connectivity index (χ4v) is 3.21. The summed E-state index contributed by atoms with van der Waals surface area (Å²) >= 11 is 0. The fourth-order valence-electron chi connectivity index (χ4n) is 3.21. The van der Waals surface area contributed by atoms with Crippen molar-refractivity contribution in [3.05, 3.63) is 59.9 Å². The van der Waals surface area contributed by atoms with Gasteiger partial charge in [0, 0.05) is 6.54 Å². The number of nitrogens with zero attached hydrogens (tertiary/aromatic N) is 2. The molecule has 1 aromatic heterocycles. The molecular weight excluding hydrogens is 308 g/mol. The predicted octanol–water partition coefficient (Wildman–Crippen LogP) is 5.89. The number of para-hydroxylation sites is 2. The molecule has 0 atom stereocenters. The van der Waals surface area contributed by atoms with Gasteiger partial charge in [-0.25, -0.2) is 4.98 Å². The Morgan fingerprint density at radius 1 is 0.960 bits per heavy atom. The molecule has 132 valence electrons. The number of aromatic nitrogens is 2. The molecular formula is C22H28N2O. The van der Waals surface area contributed by atoms with Crippen molar-refractivity contribution in [3.8, 4) is 5.75 Å². The quantitative estimate of drug-likeness (QED) is 0.455. The minimum atomic E-state index is 0.507. The average Bonchev–Trinajstić information content (AvgIpc) is 2.98. The summed E-state index contributed by atoms with van der Waals surface area (Å²) in [6.45, 7) is 5.85. The SMILES string of the molecule is CCCCCCCn1c(COc2cccc(C)c2)nc2ccccc21. The Morgan fingerprint density at radius 3 is 2.64 bits per heavy atom. The van der Waals surface area contributed by atoms with E-state index in [0.29, 0.717) is 6.61 Å². The van der Waals surface area contributed by atoms with Crippen molar-refractivity contribution in [1.82, 2.24) is 9.55 Å². The largest absolute Gasteiger partial charge is 0.486 e. The summed E-state index contributed by atoms with van der Waals surface area (Å²) in [7, 11) is 0. The molecule has 3 heteroatoms. The Hall–Kier alpha value is -2.29. The third-order valence-electron chi connectivity index (χ3n) is 4.58. The highest BCUT2D eigenvalue weighted by Crippen LogP contribution is 2.20. The maximum Gasteiger partial charge on any atom is 0.147 e. The standard InChI is InChI=1S/C22H28N2O/c1-3-4-5-6-9-15-24-21-14-8-7-13-20(21)23-22(24)17-25-19-12-10-11-18(2)16-19/h7-8,10-14,16H,3-6,9,15,17H2,1-2H3.